The molecule has 0 radical (unpaired) electrons. The summed E-state index contributed by atoms with van der Waals surface area (Å²) in [5.74, 6) is 1.54. The summed E-state index contributed by atoms with van der Waals surface area (Å²) in [6.07, 6.45) is 2.56. The predicted molar refractivity (Wildman–Crippen MR) is 80.9 cm³/mol. The Balaban J connectivity index is 2.41. The molecule has 2 unspecified atom stereocenters. The van der Waals surface area contributed by atoms with Crippen LogP contribution in [0.5, 0.6) is 0 Å². The van der Waals surface area contributed by atoms with Gasteiger partial charge in [-0.25, -0.2) is 0 Å². The Labute approximate surface area is 115 Å². The topological polar surface area (TPSA) is 15.3 Å². The Morgan fingerprint density at radius 1 is 1.33 bits per heavy atom. The lowest BCUT2D eigenvalue weighted by atomic mass is 9.80. The van der Waals surface area contributed by atoms with Crippen molar-refractivity contribution in [1.82, 2.24) is 10.2 Å². The third-order valence-electron chi connectivity index (χ3n) is 4.84. The van der Waals surface area contributed by atoms with Crippen molar-refractivity contribution in [3.63, 3.8) is 0 Å². The maximum Gasteiger partial charge on any atom is 0.0117 e. The van der Waals surface area contributed by atoms with E-state index in [0.29, 0.717) is 5.41 Å². The van der Waals surface area contributed by atoms with Crippen molar-refractivity contribution in [3.05, 3.63) is 0 Å². The molecule has 2 nitrogen and oxygen atoms in total. The molecule has 1 N–H and O–H groups in total. The van der Waals surface area contributed by atoms with E-state index in [2.05, 4.69) is 51.8 Å². The Kier molecular flexibility index (Phi) is 6.13. The smallest absolute Gasteiger partial charge is 0.0117 e. The highest BCUT2D eigenvalue weighted by Crippen LogP contribution is 2.29. The molecule has 108 valence electrons. The number of hydrogen-bond acceptors (Lipinski definition) is 2. The first-order valence-electron chi connectivity index (χ1n) is 7.82. The van der Waals surface area contributed by atoms with E-state index < -0.39 is 0 Å². The monoisotopic (exact) mass is 254 g/mol. The molecule has 0 aromatic heterocycles. The van der Waals surface area contributed by atoms with Gasteiger partial charge in [0.15, 0.2) is 0 Å². The summed E-state index contributed by atoms with van der Waals surface area (Å²) in [6, 6.07) is 0.739. The summed E-state index contributed by atoms with van der Waals surface area (Å²) in [7, 11) is 0. The van der Waals surface area contributed by atoms with Gasteiger partial charge in [0.25, 0.3) is 0 Å². The zero-order chi connectivity index (χ0) is 13.8. The van der Waals surface area contributed by atoms with Crippen molar-refractivity contribution in [3.8, 4) is 0 Å². The van der Waals surface area contributed by atoms with Crippen LogP contribution in [0, 0.1) is 17.3 Å². The second kappa shape index (κ2) is 6.91. The first-order chi connectivity index (χ1) is 8.36. The molecule has 0 bridgehead atoms. The van der Waals surface area contributed by atoms with Gasteiger partial charge in [-0.15, -0.1) is 0 Å². The van der Waals surface area contributed by atoms with Gasteiger partial charge in [-0.1, -0.05) is 41.5 Å². The molecule has 1 aliphatic rings. The fourth-order valence-electron chi connectivity index (χ4n) is 2.77. The molecule has 2 atom stereocenters. The molecule has 0 saturated carbocycles. The van der Waals surface area contributed by atoms with E-state index in [0.717, 1.165) is 17.9 Å². The van der Waals surface area contributed by atoms with Crippen LogP contribution in [-0.2, 0) is 0 Å². The van der Waals surface area contributed by atoms with Crippen LogP contribution in [-0.4, -0.2) is 37.1 Å². The molecular weight excluding hydrogens is 220 g/mol. The minimum atomic E-state index is 0.434. The van der Waals surface area contributed by atoms with Gasteiger partial charge < -0.3 is 10.2 Å². The third kappa shape index (κ3) is 4.55. The second-order valence-corrected chi connectivity index (χ2v) is 7.20. The second-order valence-electron chi connectivity index (χ2n) is 7.20. The number of hydrogen-bond donors (Lipinski definition) is 1. The molecule has 18 heavy (non-hydrogen) atoms. The molecule has 0 spiro atoms. The molecule has 0 amide bonds. The lowest BCUT2D eigenvalue weighted by molar-refractivity contribution is 0.0823. The number of nitrogens with one attached hydrogen (secondary N) is 1. The summed E-state index contributed by atoms with van der Waals surface area (Å²) < 4.78 is 0. The minimum Gasteiger partial charge on any atom is -0.314 e. The molecule has 0 aromatic rings. The van der Waals surface area contributed by atoms with Crippen molar-refractivity contribution < 1.29 is 0 Å². The average molecular weight is 254 g/mol. The first kappa shape index (κ1) is 16.0. The van der Waals surface area contributed by atoms with Crippen LogP contribution in [0.4, 0.5) is 0 Å². The van der Waals surface area contributed by atoms with Crippen LogP contribution in [0.1, 0.15) is 54.4 Å². The average Bonchev–Trinajstić information content (AvgIpc) is 2.27. The molecule has 1 fully saturated rings. The highest BCUT2D eigenvalue weighted by Gasteiger charge is 2.30. The molecular formula is C16H34N2. The minimum absolute atomic E-state index is 0.434. The fourth-order valence-corrected chi connectivity index (χ4v) is 2.77. The molecule has 1 heterocycles. The summed E-state index contributed by atoms with van der Waals surface area (Å²) in [5, 5.41) is 3.70. The van der Waals surface area contributed by atoms with Gasteiger partial charge in [-0.2, -0.15) is 0 Å². The Morgan fingerprint density at radius 3 is 2.50 bits per heavy atom. The number of rotatable bonds is 6. The molecule has 1 aliphatic heterocycles. The summed E-state index contributed by atoms with van der Waals surface area (Å²) >= 11 is 0. The van der Waals surface area contributed by atoms with Crippen molar-refractivity contribution in [2.75, 3.05) is 26.2 Å². The normalized spacial score (nSPS) is 26.8. The van der Waals surface area contributed by atoms with Crippen LogP contribution in [0.3, 0.4) is 0 Å². The van der Waals surface area contributed by atoms with Crippen molar-refractivity contribution >= 4 is 0 Å². The number of nitrogens with zero attached hydrogens (tertiary/aromatic N) is 1. The van der Waals surface area contributed by atoms with Crippen molar-refractivity contribution in [2.45, 2.75) is 60.4 Å². The number of likely N-dealkylation sites (tertiary alicyclic amines) is 1. The largest absolute Gasteiger partial charge is 0.314 e. The zero-order valence-corrected chi connectivity index (χ0v) is 13.4. The van der Waals surface area contributed by atoms with E-state index in [9.17, 15) is 0 Å². The van der Waals surface area contributed by atoms with Gasteiger partial charge in [0.05, 0.1) is 0 Å². The highest BCUT2D eigenvalue weighted by atomic mass is 15.2. The third-order valence-corrected chi connectivity index (χ3v) is 4.84. The van der Waals surface area contributed by atoms with Crippen LogP contribution in [0.15, 0.2) is 0 Å². The van der Waals surface area contributed by atoms with Gasteiger partial charge in [0.2, 0.25) is 0 Å². The first-order valence-corrected chi connectivity index (χ1v) is 7.82. The Morgan fingerprint density at radius 2 is 2.00 bits per heavy atom. The summed E-state index contributed by atoms with van der Waals surface area (Å²) in [4.78, 5) is 2.68. The van der Waals surface area contributed by atoms with Crippen molar-refractivity contribution in [2.24, 2.45) is 17.3 Å². The van der Waals surface area contributed by atoms with Gasteiger partial charge >= 0.3 is 0 Å². The Bertz CT molecular complexity index is 235. The van der Waals surface area contributed by atoms with E-state index in [-0.39, 0.29) is 0 Å². The van der Waals surface area contributed by atoms with E-state index in [4.69, 9.17) is 0 Å². The summed E-state index contributed by atoms with van der Waals surface area (Å²) in [6.45, 7) is 19.1. The maximum atomic E-state index is 3.70. The summed E-state index contributed by atoms with van der Waals surface area (Å²) in [5.41, 5.74) is 0.434. The molecule has 1 saturated heterocycles. The quantitative estimate of drug-likeness (QED) is 0.782. The SMILES string of the molecule is CCCNC1CCN(CC(C)(C)C(C)C)CC1C. The van der Waals surface area contributed by atoms with Crippen LogP contribution < -0.4 is 5.32 Å². The predicted octanol–water partition coefficient (Wildman–Crippen LogP) is 3.38. The Hall–Kier alpha value is -0.0800. The van der Waals surface area contributed by atoms with Crippen LogP contribution in [0.2, 0.25) is 0 Å². The van der Waals surface area contributed by atoms with E-state index in [1.54, 1.807) is 0 Å². The fraction of sp³-hybridized carbons (Fsp3) is 1.00. The lowest BCUT2D eigenvalue weighted by Gasteiger charge is -2.42. The molecule has 0 aromatic carbocycles. The standard InChI is InChI=1S/C16H34N2/c1-7-9-17-15-8-10-18(11-14(15)4)12-16(5,6)13(2)3/h13-15,17H,7-12H2,1-6H3. The molecule has 1 rings (SSSR count). The molecule has 2 heteroatoms. The van der Waals surface area contributed by atoms with Crippen LogP contribution >= 0.6 is 0 Å². The van der Waals surface area contributed by atoms with Gasteiger partial charge in [0.1, 0.15) is 0 Å². The van der Waals surface area contributed by atoms with Gasteiger partial charge in [0, 0.05) is 19.1 Å². The zero-order valence-electron chi connectivity index (χ0n) is 13.4. The van der Waals surface area contributed by atoms with Crippen molar-refractivity contribution in [1.29, 1.82) is 0 Å². The van der Waals surface area contributed by atoms with Gasteiger partial charge in [-0.05, 0) is 43.2 Å². The maximum absolute atomic E-state index is 3.70. The molecule has 0 aliphatic carbocycles. The number of piperidine rings is 1. The lowest BCUT2D eigenvalue weighted by Crippen LogP contribution is -2.51. The van der Waals surface area contributed by atoms with Gasteiger partial charge in [-0.3, -0.25) is 0 Å². The van der Waals surface area contributed by atoms with E-state index in [1.807, 2.05) is 0 Å². The highest BCUT2D eigenvalue weighted by molar-refractivity contribution is 4.86. The van der Waals surface area contributed by atoms with E-state index in [1.165, 1.54) is 39.0 Å². The van der Waals surface area contributed by atoms with E-state index >= 15 is 0 Å². The van der Waals surface area contributed by atoms with Crippen LogP contribution in [0.25, 0.3) is 0 Å².